The number of hydrogen-bond donors (Lipinski definition) is 0. The number of hydrogen-bond acceptors (Lipinski definition) is 4. The highest BCUT2D eigenvalue weighted by Gasteiger charge is 2.23. The molecule has 3 nitrogen and oxygen atoms in total. The highest BCUT2D eigenvalue weighted by Crippen LogP contribution is 2.47. The van der Waals surface area contributed by atoms with E-state index in [9.17, 15) is 0 Å². The highest BCUT2D eigenvalue weighted by atomic mass is 35.5. The Morgan fingerprint density at radius 1 is 0.833 bits per heavy atom. The van der Waals surface area contributed by atoms with Crippen LogP contribution in [0.15, 0.2) is 119 Å². The molecule has 5 aromatic rings. The number of aliphatic imine (C=N–C) groups is 1. The van der Waals surface area contributed by atoms with E-state index in [0.717, 1.165) is 34.7 Å². The van der Waals surface area contributed by atoms with Crippen molar-refractivity contribution < 1.29 is 4.74 Å². The van der Waals surface area contributed by atoms with Gasteiger partial charge in [0.2, 0.25) is 0 Å². The Kier molecular flexibility index (Phi) is 6.46. The summed E-state index contributed by atoms with van der Waals surface area (Å²) in [6.45, 7) is 0.442. The lowest BCUT2D eigenvalue weighted by Crippen LogP contribution is -2.06. The van der Waals surface area contributed by atoms with Crippen molar-refractivity contribution in [1.29, 1.82) is 0 Å². The number of pyridine rings is 1. The standard InChI is InChI=1S/C31H23ClN2OS/c32-31-17-12-21(19-33-31)20-35-24-15-13-23(14-16-24)28-18-30(36-29-11-4-3-10-27(29)34-28)26-9-5-7-22-6-1-2-8-25(22)26/h1-17,19,30H,18,20H2. The fourth-order valence-corrected chi connectivity index (χ4v) is 5.88. The zero-order valence-electron chi connectivity index (χ0n) is 19.5. The summed E-state index contributed by atoms with van der Waals surface area (Å²) >= 11 is 7.78. The molecule has 176 valence electrons. The first kappa shape index (κ1) is 22.8. The molecule has 1 aromatic heterocycles. The van der Waals surface area contributed by atoms with Crippen molar-refractivity contribution in [1.82, 2.24) is 4.98 Å². The van der Waals surface area contributed by atoms with Gasteiger partial charge in [0.05, 0.1) is 5.69 Å². The molecule has 36 heavy (non-hydrogen) atoms. The molecular weight excluding hydrogens is 484 g/mol. The van der Waals surface area contributed by atoms with Crippen LogP contribution >= 0.6 is 23.4 Å². The van der Waals surface area contributed by atoms with E-state index in [1.807, 2.05) is 30.0 Å². The van der Waals surface area contributed by atoms with E-state index in [0.29, 0.717) is 11.8 Å². The van der Waals surface area contributed by atoms with Crippen LogP contribution in [0.1, 0.15) is 28.4 Å². The number of halogens is 1. The molecule has 0 saturated heterocycles. The smallest absolute Gasteiger partial charge is 0.129 e. The number of fused-ring (bicyclic) bond motifs is 2. The van der Waals surface area contributed by atoms with Crippen molar-refractivity contribution in [3.63, 3.8) is 0 Å². The maximum absolute atomic E-state index is 5.97. The quantitative estimate of drug-likeness (QED) is 0.223. The molecule has 0 spiro atoms. The molecule has 0 fully saturated rings. The predicted molar refractivity (Wildman–Crippen MR) is 150 cm³/mol. The lowest BCUT2D eigenvalue weighted by Gasteiger charge is -2.18. The van der Waals surface area contributed by atoms with E-state index in [4.69, 9.17) is 21.3 Å². The fraction of sp³-hybridized carbons (Fsp3) is 0.0968. The third-order valence-electron chi connectivity index (χ3n) is 6.32. The van der Waals surface area contributed by atoms with Crippen molar-refractivity contribution in [3.05, 3.63) is 131 Å². The molecule has 2 heterocycles. The molecule has 0 N–H and O–H groups in total. The molecule has 4 aromatic carbocycles. The second-order valence-electron chi connectivity index (χ2n) is 8.71. The molecule has 0 radical (unpaired) electrons. The molecule has 1 aliphatic heterocycles. The molecular formula is C31H23ClN2OS. The molecule has 0 amide bonds. The third kappa shape index (κ3) is 4.88. The molecule has 1 unspecified atom stereocenters. The molecule has 0 saturated carbocycles. The average Bonchev–Trinajstić information content (AvgIpc) is 3.12. The fourth-order valence-electron chi connectivity index (χ4n) is 4.50. The van der Waals surface area contributed by atoms with Crippen molar-refractivity contribution >= 4 is 45.5 Å². The second-order valence-corrected chi connectivity index (χ2v) is 10.3. The Balaban J connectivity index is 1.30. The third-order valence-corrected chi connectivity index (χ3v) is 7.85. The van der Waals surface area contributed by atoms with Crippen molar-refractivity contribution in [3.8, 4) is 5.75 Å². The largest absolute Gasteiger partial charge is 0.489 e. The first-order chi connectivity index (χ1) is 17.7. The van der Waals surface area contributed by atoms with Crippen LogP contribution in [-0.4, -0.2) is 10.7 Å². The average molecular weight is 507 g/mol. The summed E-state index contributed by atoms with van der Waals surface area (Å²) < 4.78 is 5.97. The number of thioether (sulfide) groups is 1. The van der Waals surface area contributed by atoms with Crippen LogP contribution in [-0.2, 0) is 6.61 Å². The number of benzene rings is 4. The maximum atomic E-state index is 5.97. The van der Waals surface area contributed by atoms with E-state index in [1.54, 1.807) is 12.3 Å². The van der Waals surface area contributed by atoms with E-state index in [-0.39, 0.29) is 5.25 Å². The Morgan fingerprint density at radius 2 is 1.64 bits per heavy atom. The Hall–Kier alpha value is -3.60. The van der Waals surface area contributed by atoms with Gasteiger partial charge in [-0.25, -0.2) is 4.98 Å². The molecule has 1 atom stereocenters. The van der Waals surface area contributed by atoms with Gasteiger partial charge >= 0.3 is 0 Å². The van der Waals surface area contributed by atoms with Gasteiger partial charge in [-0.1, -0.05) is 72.3 Å². The lowest BCUT2D eigenvalue weighted by atomic mass is 9.97. The minimum absolute atomic E-state index is 0.256. The summed E-state index contributed by atoms with van der Waals surface area (Å²) in [6, 6.07) is 35.6. The lowest BCUT2D eigenvalue weighted by molar-refractivity contribution is 0.306. The summed E-state index contributed by atoms with van der Waals surface area (Å²) in [7, 11) is 0. The van der Waals surface area contributed by atoms with Gasteiger partial charge in [0.15, 0.2) is 0 Å². The molecule has 6 rings (SSSR count). The van der Waals surface area contributed by atoms with Crippen LogP contribution in [0.3, 0.4) is 0 Å². The van der Waals surface area contributed by atoms with Gasteiger partial charge in [0.1, 0.15) is 17.5 Å². The molecule has 5 heteroatoms. The number of nitrogens with zero attached hydrogens (tertiary/aromatic N) is 2. The zero-order valence-corrected chi connectivity index (χ0v) is 21.0. The number of ether oxygens (including phenoxy) is 1. The Morgan fingerprint density at radius 3 is 2.50 bits per heavy atom. The highest BCUT2D eigenvalue weighted by molar-refractivity contribution is 7.99. The van der Waals surface area contributed by atoms with Gasteiger partial charge in [0.25, 0.3) is 0 Å². The Bertz CT molecular complexity index is 1540. The van der Waals surface area contributed by atoms with Crippen LogP contribution in [0.2, 0.25) is 5.15 Å². The van der Waals surface area contributed by atoms with E-state index in [1.165, 1.54) is 21.2 Å². The molecule has 0 aliphatic carbocycles. The maximum Gasteiger partial charge on any atom is 0.129 e. The van der Waals surface area contributed by atoms with Gasteiger partial charge in [0, 0.05) is 34.0 Å². The zero-order chi connectivity index (χ0) is 24.3. The van der Waals surface area contributed by atoms with Crippen LogP contribution in [0.25, 0.3) is 10.8 Å². The monoisotopic (exact) mass is 506 g/mol. The van der Waals surface area contributed by atoms with Gasteiger partial charge in [-0.2, -0.15) is 0 Å². The van der Waals surface area contributed by atoms with Crippen LogP contribution in [0.4, 0.5) is 5.69 Å². The summed E-state index contributed by atoms with van der Waals surface area (Å²) in [5.41, 5.74) is 5.54. The van der Waals surface area contributed by atoms with E-state index in [2.05, 4.69) is 83.8 Å². The SMILES string of the molecule is Clc1ccc(COc2ccc(C3=Nc4ccccc4SC(c4cccc5ccccc45)C3)cc2)cn1. The first-order valence-electron chi connectivity index (χ1n) is 11.9. The topological polar surface area (TPSA) is 34.5 Å². The van der Waals surface area contributed by atoms with Crippen LogP contribution < -0.4 is 4.74 Å². The van der Waals surface area contributed by atoms with Crippen LogP contribution in [0.5, 0.6) is 5.75 Å². The van der Waals surface area contributed by atoms with Crippen LogP contribution in [0, 0.1) is 0 Å². The van der Waals surface area contributed by atoms with Crippen molar-refractivity contribution in [2.24, 2.45) is 4.99 Å². The van der Waals surface area contributed by atoms with Crippen molar-refractivity contribution in [2.45, 2.75) is 23.2 Å². The summed E-state index contributed by atoms with van der Waals surface area (Å²) in [4.78, 5) is 10.5. The first-order valence-corrected chi connectivity index (χ1v) is 13.1. The molecule has 0 bridgehead atoms. The Labute approximate surface area is 219 Å². The van der Waals surface area contributed by atoms with Gasteiger partial charge in [-0.3, -0.25) is 4.99 Å². The minimum Gasteiger partial charge on any atom is -0.489 e. The minimum atomic E-state index is 0.256. The molecule has 1 aliphatic rings. The number of para-hydroxylation sites is 1. The predicted octanol–water partition coefficient (Wildman–Crippen LogP) is 8.83. The summed E-state index contributed by atoms with van der Waals surface area (Å²) in [5.74, 6) is 0.809. The normalized spacial score (nSPS) is 15.1. The number of rotatable bonds is 5. The number of aromatic nitrogens is 1. The van der Waals surface area contributed by atoms with Gasteiger partial charge in [-0.15, -0.1) is 11.8 Å². The second kappa shape index (κ2) is 10.2. The van der Waals surface area contributed by atoms with Gasteiger partial charge < -0.3 is 4.74 Å². The summed E-state index contributed by atoms with van der Waals surface area (Å²) in [5, 5.41) is 3.31. The summed E-state index contributed by atoms with van der Waals surface area (Å²) in [6.07, 6.45) is 2.57. The van der Waals surface area contributed by atoms with Gasteiger partial charge in [-0.05, 0) is 64.4 Å². The van der Waals surface area contributed by atoms with E-state index < -0.39 is 0 Å². The van der Waals surface area contributed by atoms with E-state index >= 15 is 0 Å². The van der Waals surface area contributed by atoms with Crippen molar-refractivity contribution in [2.75, 3.05) is 0 Å².